The van der Waals surface area contributed by atoms with Crippen LogP contribution in [0.2, 0.25) is 0 Å². The highest BCUT2D eigenvalue weighted by molar-refractivity contribution is 7.26. The minimum atomic E-state index is -2.72. The summed E-state index contributed by atoms with van der Waals surface area (Å²) in [6.45, 7) is 0. The number of fused-ring (bicyclic) bond motifs is 10. The van der Waals surface area contributed by atoms with Crippen molar-refractivity contribution >= 4 is 104 Å². The van der Waals surface area contributed by atoms with Gasteiger partial charge in [0.15, 0.2) is 8.07 Å². The summed E-state index contributed by atoms with van der Waals surface area (Å²) in [5.41, 5.74) is 7.19. The molecule has 12 aromatic rings. The number of hydrogen-bond donors (Lipinski definition) is 0. The normalized spacial score (nSPS) is 12.1. The summed E-state index contributed by atoms with van der Waals surface area (Å²) < 4.78 is 7.63. The number of thiophene rings is 1. The van der Waals surface area contributed by atoms with Crippen LogP contribution in [0.25, 0.3) is 75.2 Å². The molecule has 272 valence electrons. The molecule has 0 saturated carbocycles. The molecule has 0 amide bonds. The van der Waals surface area contributed by atoms with Gasteiger partial charge in [-0.15, -0.1) is 11.3 Å². The smallest absolute Gasteiger partial charge is 0.179 e. The van der Waals surface area contributed by atoms with E-state index in [-0.39, 0.29) is 0 Å². The molecule has 2 nitrogen and oxygen atoms in total. The Morgan fingerprint density at radius 1 is 0.310 bits per heavy atom. The summed E-state index contributed by atoms with van der Waals surface area (Å²) >= 11 is 1.90. The molecular weight excluding hydrogens is 737 g/mol. The molecule has 9 aromatic carbocycles. The summed E-state index contributed by atoms with van der Waals surface area (Å²) in [6, 6.07) is 81.3. The van der Waals surface area contributed by atoms with Crippen LogP contribution in [0.1, 0.15) is 0 Å². The maximum absolute atomic E-state index is 2.72. The van der Waals surface area contributed by atoms with Gasteiger partial charge in [-0.1, -0.05) is 164 Å². The van der Waals surface area contributed by atoms with Gasteiger partial charge in [-0.3, -0.25) is 0 Å². The lowest BCUT2D eigenvalue weighted by molar-refractivity contribution is 1.17. The van der Waals surface area contributed by atoms with Gasteiger partial charge >= 0.3 is 0 Å². The molecule has 0 aliphatic heterocycles. The van der Waals surface area contributed by atoms with Gasteiger partial charge in [0.05, 0.1) is 22.1 Å². The highest BCUT2D eigenvalue weighted by atomic mass is 32.1. The number of hydrogen-bond acceptors (Lipinski definition) is 1. The Kier molecular flexibility index (Phi) is 7.46. The van der Waals surface area contributed by atoms with Crippen LogP contribution in [-0.4, -0.2) is 17.2 Å². The zero-order valence-corrected chi connectivity index (χ0v) is 33.4. The third-order valence-corrected chi connectivity index (χ3v) is 18.2. The Morgan fingerprint density at radius 2 is 0.810 bits per heavy atom. The van der Waals surface area contributed by atoms with E-state index >= 15 is 0 Å². The average molecular weight is 773 g/mol. The van der Waals surface area contributed by atoms with Crippen molar-refractivity contribution in [2.75, 3.05) is 0 Å². The molecule has 0 atom stereocenters. The molecule has 0 fully saturated rings. The van der Waals surface area contributed by atoms with Crippen LogP contribution in [0.4, 0.5) is 0 Å². The molecule has 0 aliphatic rings. The van der Waals surface area contributed by atoms with Crippen LogP contribution in [0, 0.1) is 0 Å². The van der Waals surface area contributed by atoms with Crippen LogP contribution in [0.15, 0.2) is 218 Å². The predicted molar refractivity (Wildman–Crippen MR) is 252 cm³/mol. The topological polar surface area (TPSA) is 9.86 Å². The van der Waals surface area contributed by atoms with Crippen molar-refractivity contribution in [3.05, 3.63) is 218 Å². The van der Waals surface area contributed by atoms with Crippen LogP contribution in [-0.2, 0) is 0 Å². The Morgan fingerprint density at radius 3 is 1.50 bits per heavy atom. The van der Waals surface area contributed by atoms with Gasteiger partial charge in [0.2, 0.25) is 0 Å². The Bertz CT molecular complexity index is 3410. The van der Waals surface area contributed by atoms with Crippen molar-refractivity contribution in [3.8, 4) is 11.4 Å². The van der Waals surface area contributed by atoms with E-state index in [1.807, 2.05) is 11.3 Å². The van der Waals surface area contributed by atoms with E-state index in [9.17, 15) is 0 Å². The minimum Gasteiger partial charge on any atom is -0.309 e. The molecule has 58 heavy (non-hydrogen) atoms. The van der Waals surface area contributed by atoms with Gasteiger partial charge in [0.25, 0.3) is 0 Å². The Balaban J connectivity index is 1.10. The lowest BCUT2D eigenvalue weighted by Gasteiger charge is -2.34. The molecule has 0 bridgehead atoms. The number of nitrogens with zero attached hydrogens (tertiary/aromatic N) is 2. The quantitative estimate of drug-likeness (QED) is 0.118. The third-order valence-electron chi connectivity index (χ3n) is 12.3. The van der Waals surface area contributed by atoms with Crippen molar-refractivity contribution in [1.82, 2.24) is 9.13 Å². The van der Waals surface area contributed by atoms with Crippen LogP contribution >= 0.6 is 11.3 Å². The first kappa shape index (κ1) is 33.2. The zero-order chi connectivity index (χ0) is 38.2. The number of benzene rings is 9. The van der Waals surface area contributed by atoms with E-state index in [1.54, 1.807) is 0 Å². The Labute approximate surface area is 341 Å². The summed E-state index contributed by atoms with van der Waals surface area (Å²) in [5.74, 6) is 0. The fourth-order valence-corrected chi connectivity index (χ4v) is 15.9. The fourth-order valence-electron chi connectivity index (χ4n) is 9.83. The summed E-state index contributed by atoms with van der Waals surface area (Å²) in [5, 5.41) is 13.2. The lowest BCUT2D eigenvalue weighted by Crippen LogP contribution is -2.74. The molecule has 3 heterocycles. The average Bonchev–Trinajstić information content (AvgIpc) is 3.95. The monoisotopic (exact) mass is 772 g/mol. The fraction of sp³-hybridized carbons (Fsp3) is 0. The van der Waals surface area contributed by atoms with E-state index in [2.05, 4.69) is 228 Å². The molecule has 0 aliphatic carbocycles. The third kappa shape index (κ3) is 4.76. The largest absolute Gasteiger partial charge is 0.309 e. The van der Waals surface area contributed by atoms with Gasteiger partial charge in [-0.25, -0.2) is 0 Å². The molecule has 0 N–H and O–H groups in total. The van der Waals surface area contributed by atoms with Crippen molar-refractivity contribution in [3.63, 3.8) is 0 Å². The summed E-state index contributed by atoms with van der Waals surface area (Å²) in [4.78, 5) is 0. The van der Waals surface area contributed by atoms with E-state index in [0.29, 0.717) is 0 Å². The van der Waals surface area contributed by atoms with Crippen molar-refractivity contribution in [1.29, 1.82) is 0 Å². The first-order valence-corrected chi connectivity index (χ1v) is 22.8. The van der Waals surface area contributed by atoms with Gasteiger partial charge in [-0.2, -0.15) is 0 Å². The van der Waals surface area contributed by atoms with Crippen molar-refractivity contribution < 1.29 is 0 Å². The summed E-state index contributed by atoms with van der Waals surface area (Å²) in [6.07, 6.45) is 0. The second-order valence-corrected chi connectivity index (χ2v) is 20.1. The molecular formula is C54H36N2SSi. The second-order valence-electron chi connectivity index (χ2n) is 15.2. The van der Waals surface area contributed by atoms with E-state index in [0.717, 1.165) is 0 Å². The standard InChI is InChI=1S/C54H36N2SSi/c1-4-18-39(19-5-1)58(40-20-6-2-7-21-40,41-22-8-3-9-23-41)42-24-16-17-37(35-42)55-48-28-13-10-25-43(48)47-36-38(31-33-50(47)55)56-49-29-14-11-27-46(49)53-51(56)34-32-45-44-26-12-15-30-52(44)57-54(45)53/h1-36H. The van der Waals surface area contributed by atoms with Gasteiger partial charge in [-0.05, 0) is 75.3 Å². The molecule has 0 unspecified atom stereocenters. The SMILES string of the molecule is c1ccc([Si](c2ccccc2)(c2ccccc2)c2cccc(-n3c4ccccc4c4cc(-n5c6ccccc6c6c7sc8ccccc8c7ccc65)ccc43)c2)cc1. The first-order valence-electron chi connectivity index (χ1n) is 19.9. The highest BCUT2D eigenvalue weighted by Crippen LogP contribution is 2.44. The van der Waals surface area contributed by atoms with E-state index in [4.69, 9.17) is 0 Å². The molecule has 4 heteroatoms. The lowest BCUT2D eigenvalue weighted by atomic mass is 10.1. The van der Waals surface area contributed by atoms with E-state index in [1.165, 1.54) is 95.9 Å². The van der Waals surface area contributed by atoms with Gasteiger partial charge in [0.1, 0.15) is 0 Å². The maximum Gasteiger partial charge on any atom is 0.179 e. The molecule has 0 saturated heterocycles. The highest BCUT2D eigenvalue weighted by Gasteiger charge is 2.41. The van der Waals surface area contributed by atoms with Crippen LogP contribution in [0.5, 0.6) is 0 Å². The molecule has 0 radical (unpaired) electrons. The first-order chi connectivity index (χ1) is 28.8. The van der Waals surface area contributed by atoms with Crippen LogP contribution in [0.3, 0.4) is 0 Å². The van der Waals surface area contributed by atoms with Gasteiger partial charge in [0, 0.05) is 53.1 Å². The predicted octanol–water partition coefficient (Wildman–Crippen LogP) is 11.6. The second kappa shape index (κ2) is 13.0. The van der Waals surface area contributed by atoms with Gasteiger partial charge < -0.3 is 9.13 Å². The maximum atomic E-state index is 2.48. The minimum absolute atomic E-state index is 1.17. The molecule has 12 rings (SSSR count). The Hall–Kier alpha value is -6.98. The van der Waals surface area contributed by atoms with Crippen LogP contribution < -0.4 is 20.7 Å². The number of para-hydroxylation sites is 2. The zero-order valence-electron chi connectivity index (χ0n) is 31.6. The number of rotatable bonds is 6. The molecule has 3 aromatic heterocycles. The van der Waals surface area contributed by atoms with Crippen molar-refractivity contribution in [2.45, 2.75) is 0 Å². The van der Waals surface area contributed by atoms with E-state index < -0.39 is 8.07 Å². The number of aromatic nitrogens is 2. The van der Waals surface area contributed by atoms with Crippen molar-refractivity contribution in [2.24, 2.45) is 0 Å². The molecule has 0 spiro atoms. The summed E-state index contributed by atoms with van der Waals surface area (Å²) in [7, 11) is -2.72.